The Morgan fingerprint density at radius 3 is 2.70 bits per heavy atom. The molecule has 4 rings (SSSR count). The number of rotatable bonds is 6. The number of amides is 1. The van der Waals surface area contributed by atoms with Gasteiger partial charge in [-0.05, 0) is 36.2 Å². The van der Waals surface area contributed by atoms with Crippen LogP contribution in [0.5, 0.6) is 0 Å². The lowest BCUT2D eigenvalue weighted by Gasteiger charge is -2.13. The van der Waals surface area contributed by atoms with E-state index in [1.54, 1.807) is 30.9 Å². The molecule has 0 aliphatic rings. The van der Waals surface area contributed by atoms with Crippen LogP contribution in [-0.2, 0) is 11.3 Å². The fourth-order valence-corrected chi connectivity index (χ4v) is 3.49. The Bertz CT molecular complexity index is 1190. The van der Waals surface area contributed by atoms with Crippen molar-refractivity contribution in [2.24, 2.45) is 0 Å². The minimum Gasteiger partial charge on any atom is -0.322 e. The van der Waals surface area contributed by atoms with Crippen LogP contribution in [0.25, 0.3) is 10.8 Å². The molecule has 4 aromatic rings. The number of carbonyl (C=O) groups excluding carboxylic acids is 1. The van der Waals surface area contributed by atoms with Crippen LogP contribution in [0.15, 0.2) is 60.9 Å². The number of hydrogen-bond acceptors (Lipinski definition) is 3. The van der Waals surface area contributed by atoms with Crippen LogP contribution < -0.4 is 5.32 Å². The van der Waals surface area contributed by atoms with Crippen molar-refractivity contribution < 1.29 is 13.6 Å². The number of aryl methyl sites for hydroxylation is 1. The van der Waals surface area contributed by atoms with Crippen molar-refractivity contribution in [2.45, 2.75) is 32.9 Å². The predicted octanol–water partition coefficient (Wildman–Crippen LogP) is 4.73. The molecule has 30 heavy (non-hydrogen) atoms. The summed E-state index contributed by atoms with van der Waals surface area (Å²) in [7, 11) is 0. The van der Waals surface area contributed by atoms with Gasteiger partial charge in [-0.1, -0.05) is 42.5 Å². The van der Waals surface area contributed by atoms with Gasteiger partial charge in [0.15, 0.2) is 0 Å². The Balaban J connectivity index is 1.47. The van der Waals surface area contributed by atoms with Gasteiger partial charge in [-0.3, -0.25) is 14.2 Å². The number of nitrogens with zero attached hydrogens (tertiary/aromatic N) is 4. The van der Waals surface area contributed by atoms with Gasteiger partial charge in [0.25, 0.3) is 6.43 Å². The van der Waals surface area contributed by atoms with E-state index in [-0.39, 0.29) is 11.6 Å². The van der Waals surface area contributed by atoms with Gasteiger partial charge < -0.3 is 5.32 Å². The van der Waals surface area contributed by atoms with Crippen molar-refractivity contribution in [3.8, 4) is 0 Å². The fraction of sp³-hybridized carbons (Fsp3) is 0.227. The molecule has 1 N–H and O–H groups in total. The molecular formula is C22H21F2N5O. The summed E-state index contributed by atoms with van der Waals surface area (Å²) in [5.41, 5.74) is 1.81. The summed E-state index contributed by atoms with van der Waals surface area (Å²) in [6.45, 7) is 3.82. The summed E-state index contributed by atoms with van der Waals surface area (Å²) in [6.07, 6.45) is 0.635. The number of hydrogen-bond donors (Lipinski definition) is 1. The predicted molar refractivity (Wildman–Crippen MR) is 111 cm³/mol. The average molecular weight is 409 g/mol. The van der Waals surface area contributed by atoms with Crippen molar-refractivity contribution in [1.82, 2.24) is 19.6 Å². The molecule has 2 heterocycles. The molecule has 1 atom stereocenters. The normalized spacial score (nSPS) is 12.4. The number of halogens is 2. The van der Waals surface area contributed by atoms with Gasteiger partial charge >= 0.3 is 0 Å². The summed E-state index contributed by atoms with van der Waals surface area (Å²) in [5, 5.41) is 13.3. The Kier molecular flexibility index (Phi) is 5.31. The largest absolute Gasteiger partial charge is 0.322 e. The molecule has 0 saturated carbocycles. The Morgan fingerprint density at radius 1 is 1.17 bits per heavy atom. The minimum absolute atomic E-state index is 0.338. The molecule has 154 valence electrons. The Labute approximate surface area is 172 Å². The lowest BCUT2D eigenvalue weighted by molar-refractivity contribution is -0.119. The van der Waals surface area contributed by atoms with Crippen LogP contribution in [0, 0.1) is 6.92 Å². The lowest BCUT2D eigenvalue weighted by atomic mass is 10.0. The second-order valence-electron chi connectivity index (χ2n) is 7.19. The number of benzene rings is 2. The first-order chi connectivity index (χ1) is 14.4. The SMILES string of the molecule is Cc1cc(C(F)F)nn1C(C)C(=O)Nc1cnn(Cc2cccc3ccccc23)c1. The molecule has 2 aromatic carbocycles. The van der Waals surface area contributed by atoms with Crippen LogP contribution in [-0.4, -0.2) is 25.5 Å². The maximum Gasteiger partial charge on any atom is 0.282 e. The Hall–Kier alpha value is -3.55. The average Bonchev–Trinajstić information content (AvgIpc) is 3.34. The summed E-state index contributed by atoms with van der Waals surface area (Å²) < 4.78 is 28.8. The highest BCUT2D eigenvalue weighted by molar-refractivity contribution is 5.93. The summed E-state index contributed by atoms with van der Waals surface area (Å²) >= 11 is 0. The second-order valence-corrected chi connectivity index (χ2v) is 7.19. The first kappa shape index (κ1) is 19.8. The zero-order valence-electron chi connectivity index (χ0n) is 16.6. The highest BCUT2D eigenvalue weighted by atomic mass is 19.3. The van der Waals surface area contributed by atoms with Crippen LogP contribution in [0.4, 0.5) is 14.5 Å². The van der Waals surface area contributed by atoms with E-state index in [9.17, 15) is 13.6 Å². The molecule has 0 fully saturated rings. The van der Waals surface area contributed by atoms with E-state index in [0.717, 1.165) is 16.3 Å². The molecule has 0 radical (unpaired) electrons. The number of fused-ring (bicyclic) bond motifs is 1. The van der Waals surface area contributed by atoms with Gasteiger partial charge in [0.1, 0.15) is 11.7 Å². The van der Waals surface area contributed by atoms with Crippen LogP contribution >= 0.6 is 0 Å². The smallest absolute Gasteiger partial charge is 0.282 e. The standard InChI is InChI=1S/C22H21F2N5O/c1-14-10-20(21(23)24)27-29(14)15(2)22(30)26-18-11-25-28(13-18)12-17-8-5-7-16-6-3-4-9-19(16)17/h3-11,13,15,21H,12H2,1-2H3,(H,26,30). The number of nitrogens with one attached hydrogen (secondary N) is 1. The molecule has 6 nitrogen and oxygen atoms in total. The third kappa shape index (κ3) is 3.94. The summed E-state index contributed by atoms with van der Waals surface area (Å²) in [4.78, 5) is 12.6. The molecule has 8 heteroatoms. The molecule has 2 aromatic heterocycles. The highest BCUT2D eigenvalue weighted by Gasteiger charge is 2.21. The molecule has 0 aliphatic heterocycles. The number of aromatic nitrogens is 4. The van der Waals surface area contributed by atoms with Crippen molar-refractivity contribution in [3.63, 3.8) is 0 Å². The first-order valence-corrected chi connectivity index (χ1v) is 9.56. The van der Waals surface area contributed by atoms with Crippen LogP contribution in [0.3, 0.4) is 0 Å². The van der Waals surface area contributed by atoms with Gasteiger partial charge in [0, 0.05) is 11.9 Å². The monoisotopic (exact) mass is 409 g/mol. The van der Waals surface area contributed by atoms with Crippen molar-refractivity contribution in [1.29, 1.82) is 0 Å². The van der Waals surface area contributed by atoms with E-state index in [1.807, 2.05) is 24.3 Å². The quantitative estimate of drug-likeness (QED) is 0.501. The second kappa shape index (κ2) is 8.06. The van der Waals surface area contributed by atoms with Gasteiger partial charge in [0.05, 0.1) is 18.4 Å². The molecule has 0 spiro atoms. The number of alkyl halides is 2. The van der Waals surface area contributed by atoms with E-state index in [0.29, 0.717) is 17.9 Å². The van der Waals surface area contributed by atoms with Crippen molar-refractivity contribution >= 4 is 22.4 Å². The van der Waals surface area contributed by atoms with Gasteiger partial charge in [0.2, 0.25) is 5.91 Å². The topological polar surface area (TPSA) is 64.7 Å². The van der Waals surface area contributed by atoms with Crippen LogP contribution in [0.1, 0.15) is 36.3 Å². The molecule has 0 aliphatic carbocycles. The number of anilines is 1. The minimum atomic E-state index is -2.67. The Morgan fingerprint density at radius 2 is 1.93 bits per heavy atom. The molecule has 0 bridgehead atoms. The van der Waals surface area contributed by atoms with E-state index in [2.05, 4.69) is 33.7 Å². The number of carbonyl (C=O) groups is 1. The van der Waals surface area contributed by atoms with Gasteiger partial charge in [-0.25, -0.2) is 8.78 Å². The fourth-order valence-electron chi connectivity index (χ4n) is 3.49. The van der Waals surface area contributed by atoms with Crippen molar-refractivity contribution in [3.05, 3.63) is 77.9 Å². The maximum absolute atomic E-state index is 12.9. The van der Waals surface area contributed by atoms with E-state index >= 15 is 0 Å². The van der Waals surface area contributed by atoms with E-state index < -0.39 is 12.5 Å². The maximum atomic E-state index is 12.9. The third-order valence-corrected chi connectivity index (χ3v) is 5.02. The third-order valence-electron chi connectivity index (χ3n) is 5.02. The zero-order chi connectivity index (χ0) is 21.3. The van der Waals surface area contributed by atoms with E-state index in [1.165, 1.54) is 10.7 Å². The van der Waals surface area contributed by atoms with Crippen molar-refractivity contribution in [2.75, 3.05) is 5.32 Å². The molecular weight excluding hydrogens is 388 g/mol. The molecule has 1 unspecified atom stereocenters. The highest BCUT2D eigenvalue weighted by Crippen LogP contribution is 2.22. The summed E-state index contributed by atoms with van der Waals surface area (Å²) in [6, 6.07) is 14.8. The molecule has 0 saturated heterocycles. The first-order valence-electron chi connectivity index (χ1n) is 9.56. The van der Waals surface area contributed by atoms with Crippen LogP contribution in [0.2, 0.25) is 0 Å². The van der Waals surface area contributed by atoms with Gasteiger partial charge in [-0.2, -0.15) is 10.2 Å². The van der Waals surface area contributed by atoms with Gasteiger partial charge in [-0.15, -0.1) is 0 Å². The zero-order valence-corrected chi connectivity index (χ0v) is 16.6. The van der Waals surface area contributed by atoms with E-state index in [4.69, 9.17) is 0 Å². The summed E-state index contributed by atoms with van der Waals surface area (Å²) in [5.74, 6) is -0.355. The molecule has 1 amide bonds. The lowest BCUT2D eigenvalue weighted by Crippen LogP contribution is -2.25.